The lowest BCUT2D eigenvalue weighted by molar-refractivity contribution is -0.115. The van der Waals surface area contributed by atoms with Gasteiger partial charge in [0.05, 0.1) is 27.6 Å². The van der Waals surface area contributed by atoms with Gasteiger partial charge < -0.3 is 10.1 Å². The van der Waals surface area contributed by atoms with E-state index >= 15 is 0 Å². The van der Waals surface area contributed by atoms with Crippen molar-refractivity contribution in [3.05, 3.63) is 40.3 Å². The third kappa shape index (κ3) is 4.40. The fraction of sp³-hybridized carbons (Fsp3) is 0.409. The number of carbonyl (C=O) groups is 2. The van der Waals surface area contributed by atoms with Crippen LogP contribution in [0.25, 0.3) is 10.2 Å². The second-order valence-corrected chi connectivity index (χ2v) is 11.2. The van der Waals surface area contributed by atoms with Crippen LogP contribution >= 0.6 is 34.4 Å². The molecule has 1 aliphatic rings. The first kappa shape index (κ1) is 21.3. The van der Waals surface area contributed by atoms with E-state index in [-0.39, 0.29) is 17.1 Å². The van der Waals surface area contributed by atoms with E-state index in [0.29, 0.717) is 23.1 Å². The van der Waals surface area contributed by atoms with Crippen LogP contribution in [0, 0.1) is 5.92 Å². The number of rotatable bonds is 6. The lowest BCUT2D eigenvalue weighted by Gasteiger charge is -2.18. The topological polar surface area (TPSA) is 68.3 Å². The van der Waals surface area contributed by atoms with Gasteiger partial charge in [0.15, 0.2) is 4.34 Å². The molecule has 8 heteroatoms. The Bertz CT molecular complexity index is 1060. The summed E-state index contributed by atoms with van der Waals surface area (Å²) in [7, 11) is 0. The van der Waals surface area contributed by atoms with Crippen molar-refractivity contribution in [3.63, 3.8) is 0 Å². The molecule has 2 unspecified atom stereocenters. The van der Waals surface area contributed by atoms with Crippen LogP contribution in [-0.4, -0.2) is 28.7 Å². The van der Waals surface area contributed by atoms with Crippen LogP contribution in [-0.2, 0) is 22.4 Å². The van der Waals surface area contributed by atoms with Crippen LogP contribution in [0.2, 0.25) is 0 Å². The Morgan fingerprint density at radius 3 is 2.90 bits per heavy atom. The summed E-state index contributed by atoms with van der Waals surface area (Å²) < 4.78 is 7.27. The fourth-order valence-electron chi connectivity index (χ4n) is 3.58. The minimum absolute atomic E-state index is 0.128. The molecule has 0 radical (unpaired) electrons. The van der Waals surface area contributed by atoms with Gasteiger partial charge in [0, 0.05) is 4.88 Å². The molecular weight excluding hydrogens is 436 g/mol. The molecule has 1 N–H and O–H groups in total. The molecule has 2 atom stereocenters. The Morgan fingerprint density at radius 2 is 2.13 bits per heavy atom. The molecule has 4 rings (SSSR count). The van der Waals surface area contributed by atoms with Crippen LogP contribution < -0.4 is 5.32 Å². The van der Waals surface area contributed by atoms with Crippen molar-refractivity contribution in [2.24, 2.45) is 5.92 Å². The number of ether oxygens (including phenoxy) is 1. The van der Waals surface area contributed by atoms with Crippen LogP contribution in [0.1, 0.15) is 48.0 Å². The van der Waals surface area contributed by atoms with Gasteiger partial charge in [-0.15, -0.1) is 22.7 Å². The zero-order valence-corrected chi connectivity index (χ0v) is 19.6. The molecule has 0 fully saturated rings. The van der Waals surface area contributed by atoms with Gasteiger partial charge in [-0.2, -0.15) is 0 Å². The van der Waals surface area contributed by atoms with Gasteiger partial charge in [0.25, 0.3) is 0 Å². The number of hydrogen-bond donors (Lipinski definition) is 1. The van der Waals surface area contributed by atoms with Gasteiger partial charge in [-0.1, -0.05) is 30.8 Å². The van der Waals surface area contributed by atoms with Crippen molar-refractivity contribution in [2.45, 2.75) is 49.6 Å². The summed E-state index contributed by atoms with van der Waals surface area (Å²) in [4.78, 5) is 31.4. The van der Waals surface area contributed by atoms with E-state index in [4.69, 9.17) is 4.74 Å². The number of thiophene rings is 1. The molecule has 0 bridgehead atoms. The van der Waals surface area contributed by atoms with E-state index in [2.05, 4.69) is 17.2 Å². The molecule has 1 amide bonds. The van der Waals surface area contributed by atoms with Crippen molar-refractivity contribution in [2.75, 3.05) is 11.9 Å². The number of anilines is 1. The van der Waals surface area contributed by atoms with Gasteiger partial charge in [-0.25, -0.2) is 9.78 Å². The summed E-state index contributed by atoms with van der Waals surface area (Å²) in [6.07, 6.45) is 2.85. The van der Waals surface area contributed by atoms with Crippen LogP contribution in [0.15, 0.2) is 28.6 Å². The molecule has 5 nitrogen and oxygen atoms in total. The number of amides is 1. The van der Waals surface area contributed by atoms with E-state index in [1.165, 1.54) is 28.0 Å². The van der Waals surface area contributed by atoms with Crippen LogP contribution in [0.3, 0.4) is 0 Å². The van der Waals surface area contributed by atoms with Gasteiger partial charge in [0.1, 0.15) is 5.00 Å². The summed E-state index contributed by atoms with van der Waals surface area (Å²) in [6, 6.07) is 7.96. The molecule has 2 heterocycles. The number of fused-ring (bicyclic) bond motifs is 2. The highest BCUT2D eigenvalue weighted by Gasteiger charge is 2.30. The number of para-hydroxylation sites is 1. The number of benzene rings is 1. The largest absolute Gasteiger partial charge is 0.462 e. The molecule has 1 aliphatic carbocycles. The second kappa shape index (κ2) is 9.08. The SMILES string of the molecule is CCOC(=O)c1c(NC(=O)C(C)Sc2nc3ccccc3s2)sc2c1CCC(C)C2. The first-order valence-electron chi connectivity index (χ1n) is 10.1. The Balaban J connectivity index is 1.53. The van der Waals surface area contributed by atoms with Crippen LogP contribution in [0.4, 0.5) is 5.00 Å². The fourth-order valence-corrected chi connectivity index (χ4v) is 7.19. The molecule has 3 aromatic rings. The third-order valence-electron chi connectivity index (χ3n) is 5.15. The maximum atomic E-state index is 12.9. The van der Waals surface area contributed by atoms with Gasteiger partial charge in [-0.3, -0.25) is 4.79 Å². The standard InChI is InChI=1S/C22H24N2O3S3/c1-4-27-21(26)18-14-10-9-12(2)11-17(14)29-20(18)24-19(25)13(3)28-22-23-15-7-5-6-8-16(15)30-22/h5-8,12-13H,4,9-11H2,1-3H3,(H,24,25). The average molecular weight is 461 g/mol. The number of nitrogens with zero attached hydrogens (tertiary/aromatic N) is 1. The summed E-state index contributed by atoms with van der Waals surface area (Å²) in [5, 5.41) is 3.30. The second-order valence-electron chi connectivity index (χ2n) is 7.47. The number of thioether (sulfide) groups is 1. The third-order valence-corrected chi connectivity index (χ3v) is 8.55. The number of hydrogen-bond acceptors (Lipinski definition) is 7. The summed E-state index contributed by atoms with van der Waals surface area (Å²) >= 11 is 4.55. The minimum atomic E-state index is -0.341. The Kier molecular flexibility index (Phi) is 6.46. The van der Waals surface area contributed by atoms with Crippen molar-refractivity contribution >= 4 is 61.5 Å². The monoisotopic (exact) mass is 460 g/mol. The van der Waals surface area contributed by atoms with Crippen LogP contribution in [0.5, 0.6) is 0 Å². The average Bonchev–Trinajstić information content (AvgIpc) is 3.27. The van der Waals surface area contributed by atoms with Crippen molar-refractivity contribution in [1.29, 1.82) is 0 Å². The summed E-state index contributed by atoms with van der Waals surface area (Å²) in [5.74, 6) is 0.117. The number of thiazole rings is 1. The van der Waals surface area contributed by atoms with E-state index < -0.39 is 0 Å². The predicted molar refractivity (Wildman–Crippen MR) is 125 cm³/mol. The Hall–Kier alpha value is -1.90. The zero-order valence-electron chi connectivity index (χ0n) is 17.2. The highest BCUT2D eigenvalue weighted by atomic mass is 32.2. The number of aromatic nitrogens is 1. The van der Waals surface area contributed by atoms with E-state index in [1.807, 2.05) is 31.2 Å². The van der Waals surface area contributed by atoms with E-state index in [9.17, 15) is 9.59 Å². The molecule has 0 spiro atoms. The Morgan fingerprint density at radius 1 is 1.33 bits per heavy atom. The molecule has 158 valence electrons. The van der Waals surface area contributed by atoms with Crippen molar-refractivity contribution < 1.29 is 14.3 Å². The smallest absolute Gasteiger partial charge is 0.341 e. The number of esters is 1. The molecule has 30 heavy (non-hydrogen) atoms. The van der Waals surface area contributed by atoms with Gasteiger partial charge >= 0.3 is 5.97 Å². The molecule has 0 aliphatic heterocycles. The first-order chi connectivity index (χ1) is 14.5. The summed E-state index contributed by atoms with van der Waals surface area (Å²) in [6.45, 7) is 6.21. The first-order valence-corrected chi connectivity index (χ1v) is 12.6. The normalized spacial score (nSPS) is 16.8. The minimum Gasteiger partial charge on any atom is -0.462 e. The lowest BCUT2D eigenvalue weighted by Crippen LogP contribution is -2.23. The van der Waals surface area contributed by atoms with E-state index in [1.54, 1.807) is 18.3 Å². The number of carbonyl (C=O) groups excluding carboxylic acids is 2. The number of nitrogens with one attached hydrogen (secondary N) is 1. The van der Waals surface area contributed by atoms with Crippen molar-refractivity contribution in [1.82, 2.24) is 4.98 Å². The molecule has 2 aromatic heterocycles. The van der Waals surface area contributed by atoms with Gasteiger partial charge in [0.2, 0.25) is 5.91 Å². The lowest BCUT2D eigenvalue weighted by atomic mass is 9.88. The zero-order chi connectivity index (χ0) is 21.3. The maximum absolute atomic E-state index is 12.9. The van der Waals surface area contributed by atoms with Crippen molar-refractivity contribution in [3.8, 4) is 0 Å². The van der Waals surface area contributed by atoms with Gasteiger partial charge in [-0.05, 0) is 56.7 Å². The molecular formula is C22H24N2O3S3. The summed E-state index contributed by atoms with van der Waals surface area (Å²) in [5.41, 5.74) is 2.55. The highest BCUT2D eigenvalue weighted by molar-refractivity contribution is 8.02. The molecule has 0 saturated carbocycles. The molecule has 1 aromatic carbocycles. The maximum Gasteiger partial charge on any atom is 0.341 e. The Labute approximate surface area is 188 Å². The van der Waals surface area contributed by atoms with E-state index in [0.717, 1.165) is 39.4 Å². The predicted octanol–water partition coefficient (Wildman–Crippen LogP) is 5.78. The molecule has 0 saturated heterocycles. The quantitative estimate of drug-likeness (QED) is 0.373. The highest BCUT2D eigenvalue weighted by Crippen LogP contribution is 2.40.